The molecule has 8 nitrogen and oxygen atoms in total. The number of halogens is 1. The van der Waals surface area contributed by atoms with Gasteiger partial charge in [-0.1, -0.05) is 18.2 Å². The summed E-state index contributed by atoms with van der Waals surface area (Å²) in [6.07, 6.45) is 0. The molecule has 10 heteroatoms. The van der Waals surface area contributed by atoms with Crippen LogP contribution in [0.5, 0.6) is 11.5 Å². The van der Waals surface area contributed by atoms with E-state index in [1.165, 1.54) is 59.9 Å². The van der Waals surface area contributed by atoms with E-state index < -0.39 is 15.9 Å². The Morgan fingerprint density at radius 2 is 1.73 bits per heavy atom. The zero-order chi connectivity index (χ0) is 26.4. The first kappa shape index (κ1) is 25.8. The van der Waals surface area contributed by atoms with Gasteiger partial charge in [0.25, 0.3) is 15.9 Å². The molecular formula is C27H25FN2O6S. The van der Waals surface area contributed by atoms with E-state index in [1.54, 1.807) is 43.3 Å². The van der Waals surface area contributed by atoms with E-state index in [2.05, 4.69) is 5.32 Å². The van der Waals surface area contributed by atoms with Crippen molar-refractivity contribution in [2.45, 2.75) is 18.4 Å². The minimum absolute atomic E-state index is 0.00695. The summed E-state index contributed by atoms with van der Waals surface area (Å²) < 4.78 is 57.5. The lowest BCUT2D eigenvalue weighted by Crippen LogP contribution is -2.30. The average Bonchev–Trinajstić information content (AvgIpc) is 3.38. The lowest BCUT2D eigenvalue weighted by atomic mass is 10.3. The van der Waals surface area contributed by atoms with Crippen LogP contribution in [0.1, 0.15) is 23.2 Å². The van der Waals surface area contributed by atoms with E-state index in [0.29, 0.717) is 17.2 Å². The number of anilines is 2. The number of para-hydroxylation sites is 1. The molecule has 0 bridgehead atoms. The average molecular weight is 525 g/mol. The quantitative estimate of drug-likeness (QED) is 0.295. The van der Waals surface area contributed by atoms with Crippen LogP contribution in [0, 0.1) is 5.82 Å². The Balaban J connectivity index is 1.52. The number of sulfonamides is 1. The molecular weight excluding hydrogens is 499 g/mol. The number of benzene rings is 3. The first-order valence-corrected chi connectivity index (χ1v) is 12.8. The largest absolute Gasteiger partial charge is 0.495 e. The van der Waals surface area contributed by atoms with E-state index in [9.17, 15) is 17.6 Å². The molecule has 0 atom stereocenters. The van der Waals surface area contributed by atoms with Crippen molar-refractivity contribution >= 4 is 27.3 Å². The molecule has 3 aromatic carbocycles. The molecule has 4 aromatic rings. The summed E-state index contributed by atoms with van der Waals surface area (Å²) in [6, 6.07) is 21.6. The number of hydrogen-bond acceptors (Lipinski definition) is 6. The first-order valence-electron chi connectivity index (χ1n) is 11.4. The second-order valence-corrected chi connectivity index (χ2v) is 9.69. The molecule has 0 spiro atoms. The van der Waals surface area contributed by atoms with Crippen LogP contribution < -0.4 is 19.1 Å². The highest BCUT2D eigenvalue weighted by Gasteiger charge is 2.25. The Morgan fingerprint density at radius 3 is 2.41 bits per heavy atom. The maximum Gasteiger partial charge on any atom is 0.291 e. The molecule has 0 aliphatic carbocycles. The second kappa shape index (κ2) is 11.2. The van der Waals surface area contributed by atoms with Crippen LogP contribution in [0.4, 0.5) is 15.8 Å². The topological polar surface area (TPSA) is 98.1 Å². The molecule has 1 amide bonds. The highest BCUT2D eigenvalue weighted by molar-refractivity contribution is 7.92. The van der Waals surface area contributed by atoms with Crippen LogP contribution in [0.2, 0.25) is 0 Å². The van der Waals surface area contributed by atoms with E-state index in [1.807, 2.05) is 0 Å². The number of amides is 1. The summed E-state index contributed by atoms with van der Waals surface area (Å²) in [7, 11) is -2.51. The third kappa shape index (κ3) is 5.92. The predicted molar refractivity (Wildman–Crippen MR) is 137 cm³/mol. The molecule has 1 N–H and O–H groups in total. The van der Waals surface area contributed by atoms with Gasteiger partial charge >= 0.3 is 0 Å². The van der Waals surface area contributed by atoms with Gasteiger partial charge < -0.3 is 19.2 Å². The fourth-order valence-electron chi connectivity index (χ4n) is 3.60. The van der Waals surface area contributed by atoms with Crippen LogP contribution in [0.15, 0.2) is 94.2 Å². The molecule has 4 rings (SSSR count). The Morgan fingerprint density at radius 1 is 1.00 bits per heavy atom. The van der Waals surface area contributed by atoms with Crippen LogP contribution in [0.3, 0.4) is 0 Å². The fourth-order valence-corrected chi connectivity index (χ4v) is 5.11. The Labute approximate surface area is 214 Å². The second-order valence-electron chi connectivity index (χ2n) is 7.83. The summed E-state index contributed by atoms with van der Waals surface area (Å²) in [5.74, 6) is 0.117. The number of carbonyl (C=O) groups is 1. The maximum absolute atomic E-state index is 13.4. The minimum atomic E-state index is -3.92. The zero-order valence-electron chi connectivity index (χ0n) is 20.2. The third-order valence-electron chi connectivity index (χ3n) is 5.42. The van der Waals surface area contributed by atoms with Crippen molar-refractivity contribution in [3.8, 4) is 11.5 Å². The van der Waals surface area contributed by atoms with E-state index in [0.717, 1.165) is 0 Å². The van der Waals surface area contributed by atoms with Crippen molar-refractivity contribution in [2.75, 3.05) is 23.3 Å². The molecule has 0 aliphatic rings. The summed E-state index contributed by atoms with van der Waals surface area (Å²) in [5.41, 5.74) is 0.690. The smallest absolute Gasteiger partial charge is 0.291 e. The standard InChI is InChI=1S/C27H25FN2O6S/c1-3-30(20-7-5-4-6-8-20)37(32,33)23-14-16-25(34-2)24(17-23)29-27(31)26-15-13-22(36-26)18-35-21-11-9-19(28)10-12-21/h4-17H,3,18H2,1-2H3,(H,29,31). The van der Waals surface area contributed by atoms with Crippen LogP contribution >= 0.6 is 0 Å². The Kier molecular flexibility index (Phi) is 7.78. The van der Waals surface area contributed by atoms with Crippen molar-refractivity contribution in [3.05, 3.63) is 102 Å². The van der Waals surface area contributed by atoms with Gasteiger partial charge in [0.15, 0.2) is 5.76 Å². The molecule has 0 aliphatic heterocycles. The fraction of sp³-hybridized carbons (Fsp3) is 0.148. The van der Waals surface area contributed by atoms with Gasteiger partial charge in [0, 0.05) is 6.54 Å². The van der Waals surface area contributed by atoms with Gasteiger partial charge in [0.05, 0.1) is 23.4 Å². The molecule has 0 saturated heterocycles. The Hall–Kier alpha value is -4.31. The highest BCUT2D eigenvalue weighted by atomic mass is 32.2. The molecule has 37 heavy (non-hydrogen) atoms. The molecule has 0 saturated carbocycles. The molecule has 192 valence electrons. The third-order valence-corrected chi connectivity index (χ3v) is 7.32. The summed E-state index contributed by atoms with van der Waals surface area (Å²) in [6.45, 7) is 1.99. The predicted octanol–water partition coefficient (Wildman–Crippen LogP) is 5.47. The monoisotopic (exact) mass is 524 g/mol. The van der Waals surface area contributed by atoms with Gasteiger partial charge in [-0.25, -0.2) is 12.8 Å². The zero-order valence-corrected chi connectivity index (χ0v) is 21.0. The van der Waals surface area contributed by atoms with Crippen molar-refractivity contribution in [3.63, 3.8) is 0 Å². The molecule has 0 radical (unpaired) electrons. The number of nitrogens with zero attached hydrogens (tertiary/aromatic N) is 1. The van der Waals surface area contributed by atoms with Crippen molar-refractivity contribution in [1.82, 2.24) is 0 Å². The number of hydrogen-bond donors (Lipinski definition) is 1. The molecule has 0 fully saturated rings. The summed E-state index contributed by atoms with van der Waals surface area (Å²) in [4.78, 5) is 12.9. The lowest BCUT2D eigenvalue weighted by Gasteiger charge is -2.23. The van der Waals surface area contributed by atoms with E-state index >= 15 is 0 Å². The summed E-state index contributed by atoms with van der Waals surface area (Å²) >= 11 is 0. The normalized spacial score (nSPS) is 11.1. The first-order chi connectivity index (χ1) is 17.8. The number of furan rings is 1. The van der Waals surface area contributed by atoms with Gasteiger partial charge in [-0.05, 0) is 73.7 Å². The van der Waals surface area contributed by atoms with E-state index in [-0.39, 0.29) is 41.1 Å². The Bertz CT molecular complexity index is 1470. The number of ether oxygens (including phenoxy) is 2. The van der Waals surface area contributed by atoms with E-state index in [4.69, 9.17) is 13.9 Å². The lowest BCUT2D eigenvalue weighted by molar-refractivity contribution is 0.0992. The van der Waals surface area contributed by atoms with Crippen molar-refractivity contribution < 1.29 is 31.5 Å². The van der Waals surface area contributed by atoms with Gasteiger partial charge in [-0.3, -0.25) is 9.10 Å². The van der Waals surface area contributed by atoms with Crippen molar-refractivity contribution in [1.29, 1.82) is 0 Å². The minimum Gasteiger partial charge on any atom is -0.495 e. The number of carbonyl (C=O) groups excluding carboxylic acids is 1. The summed E-state index contributed by atoms with van der Waals surface area (Å²) in [5, 5.41) is 2.66. The van der Waals surface area contributed by atoms with Gasteiger partial charge in [0.2, 0.25) is 0 Å². The number of rotatable bonds is 10. The van der Waals surface area contributed by atoms with Crippen LogP contribution in [0.25, 0.3) is 0 Å². The molecule has 0 unspecified atom stereocenters. The van der Waals surface area contributed by atoms with Gasteiger partial charge in [0.1, 0.15) is 29.7 Å². The van der Waals surface area contributed by atoms with Crippen LogP contribution in [-0.4, -0.2) is 28.0 Å². The number of nitrogens with one attached hydrogen (secondary N) is 1. The molecule has 1 aromatic heterocycles. The van der Waals surface area contributed by atoms with Gasteiger partial charge in [-0.15, -0.1) is 0 Å². The van der Waals surface area contributed by atoms with Crippen molar-refractivity contribution in [2.24, 2.45) is 0 Å². The SMILES string of the molecule is CCN(c1ccccc1)S(=O)(=O)c1ccc(OC)c(NC(=O)c2ccc(COc3ccc(F)cc3)o2)c1. The molecule has 1 heterocycles. The van der Waals surface area contributed by atoms with Gasteiger partial charge in [-0.2, -0.15) is 0 Å². The number of methoxy groups -OCH3 is 1. The van der Waals surface area contributed by atoms with Crippen LogP contribution in [-0.2, 0) is 16.6 Å². The highest BCUT2D eigenvalue weighted by Crippen LogP contribution is 2.31. The maximum atomic E-state index is 13.4.